The van der Waals surface area contributed by atoms with E-state index in [1.165, 1.54) is 0 Å². The SMILES string of the molecule is COc1ccc(CNC(=O)C2CC(F)(F)CN2)cc1. The summed E-state index contributed by atoms with van der Waals surface area (Å²) in [7, 11) is 1.57. The number of nitrogens with one attached hydrogen (secondary N) is 2. The Hall–Kier alpha value is -1.69. The van der Waals surface area contributed by atoms with Gasteiger partial charge < -0.3 is 10.1 Å². The maximum Gasteiger partial charge on any atom is 0.262 e. The Balaban J connectivity index is 1.83. The van der Waals surface area contributed by atoms with Crippen molar-refractivity contribution in [2.75, 3.05) is 13.7 Å². The van der Waals surface area contributed by atoms with Gasteiger partial charge in [0, 0.05) is 13.0 Å². The molecule has 0 bridgehead atoms. The molecule has 0 radical (unpaired) electrons. The molecule has 4 nitrogen and oxygen atoms in total. The molecule has 1 unspecified atom stereocenters. The van der Waals surface area contributed by atoms with Crippen LogP contribution in [0.2, 0.25) is 0 Å². The van der Waals surface area contributed by atoms with Gasteiger partial charge in [-0.3, -0.25) is 10.1 Å². The molecule has 0 spiro atoms. The number of amides is 1. The third kappa shape index (κ3) is 3.64. The summed E-state index contributed by atoms with van der Waals surface area (Å²) in [5.41, 5.74) is 0.888. The standard InChI is InChI=1S/C13H16F2N2O2/c1-19-10-4-2-9(3-5-10)7-16-12(18)11-6-13(14,15)8-17-11/h2-5,11,17H,6-8H2,1H3,(H,16,18). The summed E-state index contributed by atoms with van der Waals surface area (Å²) >= 11 is 0. The Morgan fingerprint density at radius 3 is 2.68 bits per heavy atom. The van der Waals surface area contributed by atoms with Crippen LogP contribution in [0.4, 0.5) is 8.78 Å². The molecule has 0 saturated carbocycles. The first kappa shape index (κ1) is 13.7. The third-order valence-electron chi connectivity index (χ3n) is 3.05. The number of benzene rings is 1. The van der Waals surface area contributed by atoms with E-state index >= 15 is 0 Å². The Morgan fingerprint density at radius 1 is 1.47 bits per heavy atom. The van der Waals surface area contributed by atoms with E-state index in [4.69, 9.17) is 4.74 Å². The number of carbonyl (C=O) groups is 1. The zero-order chi connectivity index (χ0) is 13.9. The van der Waals surface area contributed by atoms with Crippen LogP contribution >= 0.6 is 0 Å². The minimum Gasteiger partial charge on any atom is -0.497 e. The zero-order valence-electron chi connectivity index (χ0n) is 10.6. The highest BCUT2D eigenvalue weighted by molar-refractivity contribution is 5.82. The molecule has 1 aromatic rings. The van der Waals surface area contributed by atoms with Crippen LogP contribution in [0.15, 0.2) is 24.3 Å². The van der Waals surface area contributed by atoms with E-state index in [0.717, 1.165) is 11.3 Å². The highest BCUT2D eigenvalue weighted by Gasteiger charge is 2.42. The lowest BCUT2D eigenvalue weighted by atomic mass is 10.1. The van der Waals surface area contributed by atoms with E-state index in [1.54, 1.807) is 19.2 Å². The van der Waals surface area contributed by atoms with Crippen molar-refractivity contribution in [2.24, 2.45) is 0 Å². The second-order valence-corrected chi connectivity index (χ2v) is 4.56. The molecule has 1 heterocycles. The van der Waals surface area contributed by atoms with E-state index in [1.807, 2.05) is 12.1 Å². The molecule has 1 aliphatic rings. The lowest BCUT2D eigenvalue weighted by molar-refractivity contribution is -0.123. The summed E-state index contributed by atoms with van der Waals surface area (Å²) < 4.78 is 30.9. The van der Waals surface area contributed by atoms with Gasteiger partial charge >= 0.3 is 0 Å². The van der Waals surface area contributed by atoms with E-state index in [9.17, 15) is 13.6 Å². The van der Waals surface area contributed by atoms with Crippen molar-refractivity contribution >= 4 is 5.91 Å². The Kier molecular flexibility index (Phi) is 3.99. The molecule has 0 aliphatic carbocycles. The maximum absolute atomic E-state index is 12.9. The molecule has 1 amide bonds. The van der Waals surface area contributed by atoms with E-state index < -0.39 is 30.8 Å². The van der Waals surface area contributed by atoms with Gasteiger partial charge in [0.25, 0.3) is 5.92 Å². The average molecular weight is 270 g/mol. The summed E-state index contributed by atoms with van der Waals surface area (Å²) in [6, 6.07) is 6.38. The fraction of sp³-hybridized carbons (Fsp3) is 0.462. The number of alkyl halides is 2. The first-order valence-electron chi connectivity index (χ1n) is 6.02. The lowest BCUT2D eigenvalue weighted by Crippen LogP contribution is -2.39. The van der Waals surface area contributed by atoms with Gasteiger partial charge in [-0.05, 0) is 17.7 Å². The number of hydrogen-bond acceptors (Lipinski definition) is 3. The molecule has 1 aliphatic heterocycles. The van der Waals surface area contributed by atoms with Crippen LogP contribution in [0, 0.1) is 0 Å². The minimum atomic E-state index is -2.79. The first-order chi connectivity index (χ1) is 9.00. The monoisotopic (exact) mass is 270 g/mol. The highest BCUT2D eigenvalue weighted by Crippen LogP contribution is 2.25. The van der Waals surface area contributed by atoms with Crippen LogP contribution in [-0.4, -0.2) is 31.5 Å². The van der Waals surface area contributed by atoms with Crippen molar-refractivity contribution in [2.45, 2.75) is 24.9 Å². The number of ether oxygens (including phenoxy) is 1. The van der Waals surface area contributed by atoms with Crippen molar-refractivity contribution in [1.29, 1.82) is 0 Å². The molecular weight excluding hydrogens is 254 g/mol. The van der Waals surface area contributed by atoms with E-state index in [0.29, 0.717) is 6.54 Å². The average Bonchev–Trinajstić information content (AvgIpc) is 2.77. The van der Waals surface area contributed by atoms with Gasteiger partial charge in [0.1, 0.15) is 5.75 Å². The molecule has 19 heavy (non-hydrogen) atoms. The van der Waals surface area contributed by atoms with Gasteiger partial charge in [0.05, 0.1) is 19.7 Å². The predicted molar refractivity (Wildman–Crippen MR) is 66.2 cm³/mol. The van der Waals surface area contributed by atoms with Crippen LogP contribution in [-0.2, 0) is 11.3 Å². The van der Waals surface area contributed by atoms with Crippen molar-refractivity contribution in [3.8, 4) is 5.75 Å². The Labute approximate surface area is 110 Å². The van der Waals surface area contributed by atoms with Crippen molar-refractivity contribution in [3.05, 3.63) is 29.8 Å². The fourth-order valence-electron chi connectivity index (χ4n) is 1.96. The second-order valence-electron chi connectivity index (χ2n) is 4.56. The zero-order valence-corrected chi connectivity index (χ0v) is 10.6. The first-order valence-corrected chi connectivity index (χ1v) is 6.02. The molecule has 2 N–H and O–H groups in total. The lowest BCUT2D eigenvalue weighted by Gasteiger charge is -2.11. The predicted octanol–water partition coefficient (Wildman–Crippen LogP) is 1.31. The van der Waals surface area contributed by atoms with Gasteiger partial charge in [-0.2, -0.15) is 0 Å². The molecule has 104 valence electrons. The van der Waals surface area contributed by atoms with Crippen LogP contribution in [0.5, 0.6) is 5.75 Å². The summed E-state index contributed by atoms with van der Waals surface area (Å²) in [4.78, 5) is 11.7. The van der Waals surface area contributed by atoms with E-state index in [2.05, 4.69) is 10.6 Å². The molecule has 1 fully saturated rings. The third-order valence-corrected chi connectivity index (χ3v) is 3.05. The highest BCUT2D eigenvalue weighted by atomic mass is 19.3. The smallest absolute Gasteiger partial charge is 0.262 e. The van der Waals surface area contributed by atoms with Gasteiger partial charge in [-0.15, -0.1) is 0 Å². The Bertz CT molecular complexity index is 448. The normalized spacial score (nSPS) is 21.1. The molecule has 2 rings (SSSR count). The molecule has 6 heteroatoms. The van der Waals surface area contributed by atoms with Gasteiger partial charge in [0.15, 0.2) is 0 Å². The summed E-state index contributed by atoms with van der Waals surface area (Å²) in [5, 5.41) is 5.16. The summed E-state index contributed by atoms with van der Waals surface area (Å²) in [6.07, 6.45) is -0.443. The number of hydrogen-bond donors (Lipinski definition) is 2. The molecule has 1 aromatic carbocycles. The second kappa shape index (κ2) is 5.52. The molecule has 1 saturated heterocycles. The number of halogens is 2. The minimum absolute atomic E-state index is 0.312. The molecule has 0 aromatic heterocycles. The largest absolute Gasteiger partial charge is 0.497 e. The van der Waals surface area contributed by atoms with Crippen LogP contribution in [0.1, 0.15) is 12.0 Å². The van der Waals surface area contributed by atoms with Gasteiger partial charge in [0.2, 0.25) is 5.91 Å². The summed E-state index contributed by atoms with van der Waals surface area (Å²) in [6.45, 7) is -0.125. The number of carbonyl (C=O) groups excluding carboxylic acids is 1. The van der Waals surface area contributed by atoms with Crippen LogP contribution < -0.4 is 15.4 Å². The Morgan fingerprint density at radius 2 is 2.16 bits per heavy atom. The van der Waals surface area contributed by atoms with E-state index in [-0.39, 0.29) is 0 Å². The fourth-order valence-corrected chi connectivity index (χ4v) is 1.96. The number of methoxy groups -OCH3 is 1. The van der Waals surface area contributed by atoms with Crippen molar-refractivity contribution < 1.29 is 18.3 Å². The topological polar surface area (TPSA) is 50.4 Å². The van der Waals surface area contributed by atoms with Crippen LogP contribution in [0.3, 0.4) is 0 Å². The quantitative estimate of drug-likeness (QED) is 0.867. The molecular formula is C13H16F2N2O2. The maximum atomic E-state index is 12.9. The van der Waals surface area contributed by atoms with Gasteiger partial charge in [-0.1, -0.05) is 12.1 Å². The number of rotatable bonds is 4. The summed E-state index contributed by atoms with van der Waals surface area (Å²) in [5.74, 6) is -2.46. The van der Waals surface area contributed by atoms with Crippen LogP contribution in [0.25, 0.3) is 0 Å². The molecule has 1 atom stereocenters. The van der Waals surface area contributed by atoms with Crippen molar-refractivity contribution in [1.82, 2.24) is 10.6 Å². The van der Waals surface area contributed by atoms with Crippen molar-refractivity contribution in [3.63, 3.8) is 0 Å². The van der Waals surface area contributed by atoms with Gasteiger partial charge in [-0.25, -0.2) is 8.78 Å².